The second-order valence-electron chi connectivity index (χ2n) is 4.54. The lowest BCUT2D eigenvalue weighted by atomic mass is 10.2. The topological polar surface area (TPSA) is 73.5 Å². The number of pyridine rings is 1. The Hall–Kier alpha value is -2.44. The molecule has 98 valence electrons. The van der Waals surface area contributed by atoms with E-state index in [9.17, 15) is 0 Å². The van der Waals surface area contributed by atoms with E-state index in [1.54, 1.807) is 15.6 Å². The predicted octanol–water partition coefficient (Wildman–Crippen LogP) is 1.02. The van der Waals surface area contributed by atoms with E-state index in [0.717, 1.165) is 28.1 Å². The summed E-state index contributed by atoms with van der Waals surface area (Å²) in [5.74, 6) is 0. The van der Waals surface area contributed by atoms with Crippen LogP contribution >= 0.6 is 0 Å². The summed E-state index contributed by atoms with van der Waals surface area (Å²) in [6.07, 6.45) is 3.69. The van der Waals surface area contributed by atoms with Gasteiger partial charge in [-0.05, 0) is 13.0 Å². The first kappa shape index (κ1) is 11.6. The van der Waals surface area contributed by atoms with Crippen molar-refractivity contribution < 1.29 is 0 Å². The van der Waals surface area contributed by atoms with Gasteiger partial charge in [-0.15, -0.1) is 5.10 Å². The van der Waals surface area contributed by atoms with Crippen LogP contribution < -0.4 is 5.32 Å². The van der Waals surface area contributed by atoms with Crippen molar-refractivity contribution in [2.24, 2.45) is 14.1 Å². The minimum absolute atomic E-state index is 0.625. The van der Waals surface area contributed by atoms with Gasteiger partial charge in [-0.25, -0.2) is 4.98 Å². The van der Waals surface area contributed by atoms with Crippen LogP contribution in [-0.4, -0.2) is 29.8 Å². The summed E-state index contributed by atoms with van der Waals surface area (Å²) < 4.78 is 3.47. The average Bonchev–Trinajstić information content (AvgIpc) is 2.92. The smallest absolute Gasteiger partial charge is 0.157 e. The third-order valence-electron chi connectivity index (χ3n) is 2.99. The van der Waals surface area contributed by atoms with Crippen molar-refractivity contribution in [1.29, 1.82) is 0 Å². The first-order chi connectivity index (χ1) is 9.13. The number of rotatable bonds is 3. The van der Waals surface area contributed by atoms with Gasteiger partial charge < -0.3 is 5.32 Å². The summed E-state index contributed by atoms with van der Waals surface area (Å²) in [6.45, 7) is 2.61. The fraction of sp³-hybridized carbons (Fsp3) is 0.333. The molecule has 3 aromatic heterocycles. The van der Waals surface area contributed by atoms with E-state index in [2.05, 4.69) is 31.8 Å². The molecule has 0 aromatic carbocycles. The molecule has 0 saturated carbocycles. The molecule has 0 fully saturated rings. The maximum atomic E-state index is 4.42. The molecule has 0 spiro atoms. The largest absolute Gasteiger partial charge is 0.378 e. The number of aryl methyl sites for hydroxylation is 3. The summed E-state index contributed by atoms with van der Waals surface area (Å²) in [7, 11) is 3.75. The van der Waals surface area contributed by atoms with Gasteiger partial charge in [-0.1, -0.05) is 5.21 Å². The summed E-state index contributed by atoms with van der Waals surface area (Å²) in [6, 6.07) is 2.06. The molecule has 3 heterocycles. The van der Waals surface area contributed by atoms with Crippen LogP contribution in [0.2, 0.25) is 0 Å². The quantitative estimate of drug-likeness (QED) is 0.758. The van der Waals surface area contributed by atoms with Gasteiger partial charge in [0.1, 0.15) is 5.69 Å². The number of hydrogen-bond acceptors (Lipinski definition) is 5. The Morgan fingerprint density at radius 2 is 2.16 bits per heavy atom. The molecule has 7 nitrogen and oxygen atoms in total. The Bertz CT molecular complexity index is 725. The van der Waals surface area contributed by atoms with Gasteiger partial charge in [-0.3, -0.25) is 9.36 Å². The number of fused-ring (bicyclic) bond motifs is 1. The van der Waals surface area contributed by atoms with Crippen LogP contribution in [-0.2, 0) is 20.6 Å². The highest BCUT2D eigenvalue weighted by Gasteiger charge is 2.07. The van der Waals surface area contributed by atoms with Crippen molar-refractivity contribution >= 4 is 16.7 Å². The molecule has 1 N–H and O–H groups in total. The zero-order valence-electron chi connectivity index (χ0n) is 11.1. The second-order valence-corrected chi connectivity index (χ2v) is 4.54. The molecule has 7 heteroatoms. The molecule has 0 bridgehead atoms. The molecule has 0 atom stereocenters. The first-order valence-electron chi connectivity index (χ1n) is 6.02. The highest BCUT2D eigenvalue weighted by Crippen LogP contribution is 2.19. The molecule has 19 heavy (non-hydrogen) atoms. The number of nitrogens with one attached hydrogen (secondary N) is 1. The van der Waals surface area contributed by atoms with Crippen LogP contribution in [0, 0.1) is 6.92 Å². The molecule has 3 aromatic rings. The van der Waals surface area contributed by atoms with Crippen LogP contribution in [0.3, 0.4) is 0 Å². The Morgan fingerprint density at radius 1 is 1.32 bits per heavy atom. The maximum Gasteiger partial charge on any atom is 0.157 e. The Labute approximate surface area is 110 Å². The lowest BCUT2D eigenvalue weighted by Gasteiger charge is -2.03. The number of aromatic nitrogens is 6. The second kappa shape index (κ2) is 4.34. The van der Waals surface area contributed by atoms with Gasteiger partial charge in [0.2, 0.25) is 0 Å². The maximum absolute atomic E-state index is 4.42. The molecule has 0 saturated heterocycles. The van der Waals surface area contributed by atoms with Gasteiger partial charge in [0.15, 0.2) is 5.65 Å². The van der Waals surface area contributed by atoms with Crippen molar-refractivity contribution in [2.75, 3.05) is 5.32 Å². The van der Waals surface area contributed by atoms with E-state index in [4.69, 9.17) is 0 Å². The van der Waals surface area contributed by atoms with Crippen molar-refractivity contribution in [2.45, 2.75) is 13.5 Å². The van der Waals surface area contributed by atoms with Crippen LogP contribution in [0.25, 0.3) is 11.0 Å². The minimum atomic E-state index is 0.625. The summed E-state index contributed by atoms with van der Waals surface area (Å²) in [5, 5.41) is 16.6. The number of nitrogens with zero attached hydrogens (tertiary/aromatic N) is 6. The van der Waals surface area contributed by atoms with E-state index in [0.29, 0.717) is 6.54 Å². The summed E-state index contributed by atoms with van der Waals surface area (Å²) in [5.41, 5.74) is 3.72. The third-order valence-corrected chi connectivity index (χ3v) is 2.99. The van der Waals surface area contributed by atoms with Gasteiger partial charge in [0, 0.05) is 25.7 Å². The van der Waals surface area contributed by atoms with Crippen LogP contribution in [0.5, 0.6) is 0 Å². The molecular formula is C12H15N7. The van der Waals surface area contributed by atoms with Gasteiger partial charge in [-0.2, -0.15) is 5.10 Å². The summed E-state index contributed by atoms with van der Waals surface area (Å²) >= 11 is 0. The highest BCUT2D eigenvalue weighted by molar-refractivity contribution is 5.81. The monoisotopic (exact) mass is 257 g/mol. The van der Waals surface area contributed by atoms with Crippen molar-refractivity contribution in [3.63, 3.8) is 0 Å². The van der Waals surface area contributed by atoms with Gasteiger partial charge in [0.05, 0.1) is 24.1 Å². The van der Waals surface area contributed by atoms with Crippen LogP contribution in [0.15, 0.2) is 18.5 Å². The average molecular weight is 257 g/mol. The molecule has 0 unspecified atom stereocenters. The fourth-order valence-corrected chi connectivity index (χ4v) is 2.07. The zero-order valence-corrected chi connectivity index (χ0v) is 11.1. The Balaban J connectivity index is 1.83. The molecule has 0 aliphatic rings. The predicted molar refractivity (Wildman–Crippen MR) is 71.6 cm³/mol. The molecule has 0 aliphatic carbocycles. The SMILES string of the molecule is Cc1nn(C)c2ncc(NCc3cn(C)nn3)cc12. The minimum Gasteiger partial charge on any atom is -0.378 e. The third kappa shape index (κ3) is 2.14. The molecular weight excluding hydrogens is 242 g/mol. The van der Waals surface area contributed by atoms with Crippen molar-refractivity contribution in [3.8, 4) is 0 Å². The highest BCUT2D eigenvalue weighted by atomic mass is 15.4. The lowest BCUT2D eigenvalue weighted by Crippen LogP contribution is -2.00. The molecule has 0 aliphatic heterocycles. The summed E-state index contributed by atoms with van der Waals surface area (Å²) in [4.78, 5) is 4.42. The number of anilines is 1. The van der Waals surface area contributed by atoms with E-state index < -0.39 is 0 Å². The van der Waals surface area contributed by atoms with E-state index in [-0.39, 0.29) is 0 Å². The molecule has 0 radical (unpaired) electrons. The number of hydrogen-bond donors (Lipinski definition) is 1. The molecule has 0 amide bonds. The van der Waals surface area contributed by atoms with E-state index in [1.165, 1.54) is 0 Å². The normalized spacial score (nSPS) is 11.1. The Morgan fingerprint density at radius 3 is 2.89 bits per heavy atom. The fourth-order valence-electron chi connectivity index (χ4n) is 2.07. The molecule has 3 rings (SSSR count). The van der Waals surface area contributed by atoms with Crippen LogP contribution in [0.4, 0.5) is 5.69 Å². The van der Waals surface area contributed by atoms with Crippen molar-refractivity contribution in [3.05, 3.63) is 29.8 Å². The Kier molecular flexibility index (Phi) is 2.66. The van der Waals surface area contributed by atoms with E-state index >= 15 is 0 Å². The van der Waals surface area contributed by atoms with Gasteiger partial charge in [0.25, 0.3) is 0 Å². The van der Waals surface area contributed by atoms with Crippen LogP contribution in [0.1, 0.15) is 11.4 Å². The standard InChI is InChI=1S/C12H15N7/c1-8-11-4-9(5-14-12(11)19(3)16-8)13-6-10-7-18(2)17-15-10/h4-5,7,13H,6H2,1-3H3. The van der Waals surface area contributed by atoms with Crippen molar-refractivity contribution in [1.82, 2.24) is 29.8 Å². The lowest BCUT2D eigenvalue weighted by molar-refractivity contribution is 0.713. The first-order valence-corrected chi connectivity index (χ1v) is 6.02. The van der Waals surface area contributed by atoms with Gasteiger partial charge >= 0.3 is 0 Å². The van der Waals surface area contributed by atoms with E-state index in [1.807, 2.05) is 27.2 Å². The zero-order chi connectivity index (χ0) is 13.4.